The molecule has 1 aliphatic rings. The molecule has 0 aromatic heterocycles. The Morgan fingerprint density at radius 2 is 1.51 bits per heavy atom. The zero-order chi connectivity index (χ0) is 25.4. The number of hydrogen-bond acceptors (Lipinski definition) is 6. The van der Waals surface area contributed by atoms with E-state index >= 15 is 0 Å². The van der Waals surface area contributed by atoms with Gasteiger partial charge in [-0.1, -0.05) is 12.1 Å². The van der Waals surface area contributed by atoms with Gasteiger partial charge in [-0.15, -0.1) is 0 Å². The lowest BCUT2D eigenvalue weighted by Gasteiger charge is -2.41. The zero-order valence-corrected chi connectivity index (χ0v) is 21.6. The molecule has 2 atom stereocenters. The van der Waals surface area contributed by atoms with Gasteiger partial charge in [0.1, 0.15) is 23.0 Å². The van der Waals surface area contributed by atoms with Crippen molar-refractivity contribution in [3.05, 3.63) is 47.0 Å². The predicted octanol–water partition coefficient (Wildman–Crippen LogP) is 5.92. The first-order valence-corrected chi connectivity index (χ1v) is 11.6. The second kappa shape index (κ2) is 9.56. The molecule has 7 nitrogen and oxygen atoms in total. The molecule has 1 heterocycles. The highest BCUT2D eigenvalue weighted by molar-refractivity contribution is 6.06. The van der Waals surface area contributed by atoms with Crippen molar-refractivity contribution in [2.75, 3.05) is 35.5 Å². The number of nitrogens with zero attached hydrogens (tertiary/aromatic N) is 1. The van der Waals surface area contributed by atoms with Crippen LogP contribution in [0.2, 0.25) is 0 Å². The van der Waals surface area contributed by atoms with Crippen molar-refractivity contribution < 1.29 is 28.5 Å². The van der Waals surface area contributed by atoms with Crippen LogP contribution in [0.25, 0.3) is 21.9 Å². The minimum absolute atomic E-state index is 0.0835. The minimum atomic E-state index is -0.356. The lowest BCUT2D eigenvalue weighted by Crippen LogP contribution is -2.45. The number of carbonyl (C=O) groups is 1. The Balaban J connectivity index is 2.13. The Labute approximate surface area is 206 Å². The van der Waals surface area contributed by atoms with E-state index in [-0.39, 0.29) is 18.2 Å². The summed E-state index contributed by atoms with van der Waals surface area (Å²) in [6.07, 6.45) is 0.264. The summed E-state index contributed by atoms with van der Waals surface area (Å²) in [5, 5.41) is 1.90. The third-order valence-corrected chi connectivity index (χ3v) is 7.01. The minimum Gasteiger partial charge on any atom is -0.496 e. The van der Waals surface area contributed by atoms with E-state index in [1.165, 1.54) is 7.11 Å². The molecule has 0 bridgehead atoms. The standard InChI is InChI=1S/C28H33NO6/c1-15-12-21(32-5)26-18(10-9-11-20(26)31-4)24(15)27-19-13-16(2)29(28(30)35-8)17(3)25(19)22(33-6)14-23(27)34-7/h9-12,14,16-17H,13H2,1-8H3/t16-,17+/m0/s1. The molecule has 0 spiro atoms. The monoisotopic (exact) mass is 479 g/mol. The third-order valence-electron chi connectivity index (χ3n) is 7.01. The van der Waals surface area contributed by atoms with Crippen LogP contribution in [0.1, 0.15) is 36.6 Å². The van der Waals surface area contributed by atoms with Crippen LogP contribution in [0.4, 0.5) is 4.79 Å². The molecule has 0 saturated heterocycles. The molecule has 4 rings (SSSR count). The van der Waals surface area contributed by atoms with Crippen molar-refractivity contribution in [1.82, 2.24) is 4.90 Å². The predicted molar refractivity (Wildman–Crippen MR) is 136 cm³/mol. The number of carbonyl (C=O) groups excluding carboxylic acids is 1. The topological polar surface area (TPSA) is 66.5 Å². The van der Waals surface area contributed by atoms with Gasteiger partial charge in [0.05, 0.1) is 47.0 Å². The molecule has 3 aromatic carbocycles. The Morgan fingerprint density at radius 3 is 2.11 bits per heavy atom. The Morgan fingerprint density at radius 1 is 0.857 bits per heavy atom. The molecule has 1 amide bonds. The van der Waals surface area contributed by atoms with Crippen molar-refractivity contribution in [2.24, 2.45) is 0 Å². The molecule has 0 unspecified atom stereocenters. The van der Waals surface area contributed by atoms with E-state index in [4.69, 9.17) is 23.7 Å². The maximum Gasteiger partial charge on any atom is 0.410 e. The first-order valence-electron chi connectivity index (χ1n) is 11.6. The second-order valence-corrected chi connectivity index (χ2v) is 8.81. The normalized spacial score (nSPS) is 17.1. The maximum atomic E-state index is 12.7. The fraction of sp³-hybridized carbons (Fsp3) is 0.393. The molecular formula is C28H33NO6. The summed E-state index contributed by atoms with van der Waals surface area (Å²) in [6.45, 7) is 6.11. The summed E-state index contributed by atoms with van der Waals surface area (Å²) in [4.78, 5) is 14.4. The number of ether oxygens (including phenoxy) is 5. The van der Waals surface area contributed by atoms with E-state index in [0.717, 1.165) is 50.1 Å². The fourth-order valence-corrected chi connectivity index (χ4v) is 5.54. The van der Waals surface area contributed by atoms with Crippen LogP contribution in [0.15, 0.2) is 30.3 Å². The highest BCUT2D eigenvalue weighted by atomic mass is 16.5. The van der Waals surface area contributed by atoms with Gasteiger partial charge >= 0.3 is 6.09 Å². The summed E-state index contributed by atoms with van der Waals surface area (Å²) < 4.78 is 28.3. The smallest absolute Gasteiger partial charge is 0.410 e. The number of rotatable bonds is 5. The molecule has 1 aliphatic heterocycles. The number of amides is 1. The second-order valence-electron chi connectivity index (χ2n) is 8.81. The van der Waals surface area contributed by atoms with Crippen LogP contribution in [0.5, 0.6) is 23.0 Å². The Kier molecular flexibility index (Phi) is 6.70. The quantitative estimate of drug-likeness (QED) is 0.452. The summed E-state index contributed by atoms with van der Waals surface area (Å²) in [5.74, 6) is 2.88. The van der Waals surface area contributed by atoms with Gasteiger partial charge in [0.2, 0.25) is 0 Å². The summed E-state index contributed by atoms with van der Waals surface area (Å²) in [6, 6.07) is 9.60. The average molecular weight is 480 g/mol. The molecule has 3 aromatic rings. The van der Waals surface area contributed by atoms with Crippen LogP contribution in [0.3, 0.4) is 0 Å². The average Bonchev–Trinajstić information content (AvgIpc) is 2.86. The summed E-state index contributed by atoms with van der Waals surface area (Å²) in [7, 11) is 8.05. The van der Waals surface area contributed by atoms with Crippen LogP contribution in [0, 0.1) is 6.92 Å². The van der Waals surface area contributed by atoms with Crippen molar-refractivity contribution in [3.8, 4) is 34.1 Å². The van der Waals surface area contributed by atoms with Crippen molar-refractivity contribution in [2.45, 2.75) is 39.3 Å². The van der Waals surface area contributed by atoms with Crippen LogP contribution < -0.4 is 18.9 Å². The van der Waals surface area contributed by atoms with Gasteiger partial charge in [-0.3, -0.25) is 4.90 Å². The van der Waals surface area contributed by atoms with E-state index < -0.39 is 0 Å². The van der Waals surface area contributed by atoms with Gasteiger partial charge in [-0.2, -0.15) is 0 Å². The van der Waals surface area contributed by atoms with Gasteiger partial charge in [-0.05, 0) is 61.4 Å². The van der Waals surface area contributed by atoms with Gasteiger partial charge in [-0.25, -0.2) is 4.79 Å². The molecule has 7 heteroatoms. The summed E-state index contributed by atoms with van der Waals surface area (Å²) in [5.41, 5.74) is 5.13. The molecule has 186 valence electrons. The SMILES string of the molecule is COC(=O)N1[C@H](C)c2c(OC)cc(OC)c(-c3c(C)cc(OC)c4c(OC)cccc34)c2C[C@@H]1C. The van der Waals surface area contributed by atoms with E-state index in [1.54, 1.807) is 33.3 Å². The van der Waals surface area contributed by atoms with Crippen molar-refractivity contribution >= 4 is 16.9 Å². The third kappa shape index (κ3) is 3.79. The number of fused-ring (bicyclic) bond motifs is 2. The molecule has 0 aliphatic carbocycles. The number of benzene rings is 3. The lowest BCUT2D eigenvalue weighted by molar-refractivity contribution is 0.0829. The largest absolute Gasteiger partial charge is 0.496 e. The molecular weight excluding hydrogens is 446 g/mol. The molecule has 0 N–H and O–H groups in total. The first-order chi connectivity index (χ1) is 16.8. The van der Waals surface area contributed by atoms with Crippen LogP contribution in [-0.4, -0.2) is 52.6 Å². The van der Waals surface area contributed by atoms with Crippen molar-refractivity contribution in [3.63, 3.8) is 0 Å². The van der Waals surface area contributed by atoms with E-state index in [2.05, 4.69) is 13.0 Å². The highest BCUT2D eigenvalue weighted by Gasteiger charge is 2.38. The van der Waals surface area contributed by atoms with Crippen molar-refractivity contribution in [1.29, 1.82) is 0 Å². The zero-order valence-electron chi connectivity index (χ0n) is 21.6. The van der Waals surface area contributed by atoms with Gasteiger partial charge in [0.25, 0.3) is 0 Å². The highest BCUT2D eigenvalue weighted by Crippen LogP contribution is 2.51. The van der Waals surface area contributed by atoms with E-state index in [1.807, 2.05) is 38.1 Å². The number of aryl methyl sites for hydroxylation is 1. The van der Waals surface area contributed by atoms with Gasteiger partial charge < -0.3 is 23.7 Å². The summed E-state index contributed by atoms with van der Waals surface area (Å²) >= 11 is 0. The van der Waals surface area contributed by atoms with E-state index in [9.17, 15) is 4.79 Å². The molecule has 0 saturated carbocycles. The van der Waals surface area contributed by atoms with Gasteiger partial charge in [0, 0.05) is 23.2 Å². The number of methoxy groups -OCH3 is 5. The van der Waals surface area contributed by atoms with Gasteiger partial charge in [0.15, 0.2) is 0 Å². The Hall–Kier alpha value is -3.61. The number of hydrogen-bond donors (Lipinski definition) is 0. The van der Waals surface area contributed by atoms with Crippen LogP contribution in [-0.2, 0) is 11.2 Å². The molecule has 0 fully saturated rings. The Bertz CT molecular complexity index is 1280. The fourth-order valence-electron chi connectivity index (χ4n) is 5.54. The first kappa shape index (κ1) is 24.5. The maximum absolute atomic E-state index is 12.7. The van der Waals surface area contributed by atoms with Crippen LogP contribution >= 0.6 is 0 Å². The molecule has 0 radical (unpaired) electrons. The lowest BCUT2D eigenvalue weighted by atomic mass is 9.81. The molecule has 35 heavy (non-hydrogen) atoms. The van der Waals surface area contributed by atoms with E-state index in [0.29, 0.717) is 17.9 Å².